The summed E-state index contributed by atoms with van der Waals surface area (Å²) in [5.41, 5.74) is 3.21. The Morgan fingerprint density at radius 2 is 1.29 bits per heavy atom. The van der Waals surface area contributed by atoms with E-state index >= 15 is 0 Å². The van der Waals surface area contributed by atoms with Crippen LogP contribution in [0.1, 0.15) is 23.2 Å². The first-order valence-corrected chi connectivity index (χ1v) is 6.69. The Morgan fingerprint density at radius 3 is 1.76 bits per heavy atom. The van der Waals surface area contributed by atoms with E-state index in [0.717, 1.165) is 24.0 Å². The van der Waals surface area contributed by atoms with Gasteiger partial charge in [0.1, 0.15) is 0 Å². The zero-order chi connectivity index (χ0) is 15.2. The molecule has 0 saturated heterocycles. The minimum atomic E-state index is -1.83. The average Bonchev–Trinajstić information content (AvgIpc) is 3.32. The quantitative estimate of drug-likeness (QED) is 0.829. The second-order valence-corrected chi connectivity index (χ2v) is 4.86. The third-order valence-corrected chi connectivity index (χ3v) is 3.22. The molecule has 2 N–H and O–H groups in total. The van der Waals surface area contributed by atoms with E-state index in [9.17, 15) is 4.79 Å². The molecule has 4 heteroatoms. The third kappa shape index (κ3) is 4.45. The van der Waals surface area contributed by atoms with Crippen molar-refractivity contribution >= 4 is 11.9 Å². The highest BCUT2D eigenvalue weighted by Gasteiger charge is 2.30. The molecule has 108 valence electrons. The molecular formula is C17H16O4. The smallest absolute Gasteiger partial charge is 0.450 e. The summed E-state index contributed by atoms with van der Waals surface area (Å²) in [6.45, 7) is 0. The van der Waals surface area contributed by atoms with Gasteiger partial charge < -0.3 is 10.2 Å². The fourth-order valence-corrected chi connectivity index (χ4v) is 2.04. The van der Waals surface area contributed by atoms with Crippen LogP contribution in [-0.2, 0) is 0 Å². The van der Waals surface area contributed by atoms with Crippen molar-refractivity contribution in [2.45, 2.75) is 12.8 Å². The van der Waals surface area contributed by atoms with Gasteiger partial charge in [-0.05, 0) is 24.0 Å². The van der Waals surface area contributed by atoms with Crippen LogP contribution in [0.25, 0.3) is 11.1 Å². The number of hydrogen-bond acceptors (Lipinski definition) is 2. The number of carbonyl (C=O) groups is 2. The van der Waals surface area contributed by atoms with E-state index in [0.29, 0.717) is 11.7 Å². The third-order valence-electron chi connectivity index (χ3n) is 3.22. The predicted molar refractivity (Wildman–Crippen MR) is 79.6 cm³/mol. The van der Waals surface area contributed by atoms with Crippen molar-refractivity contribution in [1.29, 1.82) is 0 Å². The number of carbonyl (C=O) groups excluding carboxylic acids is 1. The Hall–Kier alpha value is -2.62. The van der Waals surface area contributed by atoms with Gasteiger partial charge in [0.05, 0.1) is 0 Å². The molecule has 0 radical (unpaired) electrons. The van der Waals surface area contributed by atoms with Crippen molar-refractivity contribution in [2.24, 2.45) is 5.92 Å². The Labute approximate surface area is 122 Å². The topological polar surface area (TPSA) is 74.6 Å². The summed E-state index contributed by atoms with van der Waals surface area (Å²) in [7, 11) is 0. The highest BCUT2D eigenvalue weighted by Crippen LogP contribution is 2.33. The zero-order valence-corrected chi connectivity index (χ0v) is 11.4. The first-order valence-electron chi connectivity index (χ1n) is 6.69. The first kappa shape index (κ1) is 14.8. The highest BCUT2D eigenvalue weighted by atomic mass is 16.6. The SMILES string of the molecule is O=C(O)O.O=C(c1ccc(-c2ccccc2)cc1)C1CC1. The van der Waals surface area contributed by atoms with Crippen molar-refractivity contribution in [1.82, 2.24) is 0 Å². The molecule has 0 amide bonds. The largest absolute Gasteiger partial charge is 0.503 e. The van der Waals surface area contributed by atoms with E-state index in [1.165, 1.54) is 5.56 Å². The van der Waals surface area contributed by atoms with Gasteiger partial charge in [-0.15, -0.1) is 0 Å². The van der Waals surface area contributed by atoms with Gasteiger partial charge in [0.25, 0.3) is 0 Å². The van der Waals surface area contributed by atoms with Gasteiger partial charge in [-0.2, -0.15) is 0 Å². The molecule has 1 aliphatic rings. The molecule has 0 bridgehead atoms. The highest BCUT2D eigenvalue weighted by molar-refractivity contribution is 5.99. The van der Waals surface area contributed by atoms with Crippen molar-refractivity contribution in [3.63, 3.8) is 0 Å². The zero-order valence-electron chi connectivity index (χ0n) is 11.4. The van der Waals surface area contributed by atoms with Crippen LogP contribution in [0.4, 0.5) is 4.79 Å². The van der Waals surface area contributed by atoms with E-state index in [1.807, 2.05) is 42.5 Å². The van der Waals surface area contributed by atoms with Crippen molar-refractivity contribution in [2.75, 3.05) is 0 Å². The fourth-order valence-electron chi connectivity index (χ4n) is 2.04. The Morgan fingerprint density at radius 1 is 0.810 bits per heavy atom. The number of ketones is 1. The van der Waals surface area contributed by atoms with E-state index < -0.39 is 6.16 Å². The fraction of sp³-hybridized carbons (Fsp3) is 0.176. The lowest BCUT2D eigenvalue weighted by atomic mass is 10.0. The summed E-state index contributed by atoms with van der Waals surface area (Å²) in [6.07, 6.45) is 0.304. The molecule has 21 heavy (non-hydrogen) atoms. The van der Waals surface area contributed by atoms with Crippen LogP contribution in [0, 0.1) is 5.92 Å². The maximum Gasteiger partial charge on any atom is 0.503 e. The maximum atomic E-state index is 11.9. The van der Waals surface area contributed by atoms with Gasteiger partial charge in [-0.1, -0.05) is 54.6 Å². The predicted octanol–water partition coefficient (Wildman–Crippen LogP) is 4.17. The summed E-state index contributed by atoms with van der Waals surface area (Å²) in [5, 5.41) is 13.9. The van der Waals surface area contributed by atoms with Crippen molar-refractivity contribution < 1.29 is 19.8 Å². The van der Waals surface area contributed by atoms with Gasteiger partial charge in [0.2, 0.25) is 0 Å². The average molecular weight is 284 g/mol. The van der Waals surface area contributed by atoms with Crippen LogP contribution < -0.4 is 0 Å². The summed E-state index contributed by atoms with van der Waals surface area (Å²) in [6, 6.07) is 18.2. The van der Waals surface area contributed by atoms with Gasteiger partial charge in [-0.25, -0.2) is 4.79 Å². The molecule has 0 spiro atoms. The molecule has 0 aliphatic heterocycles. The number of benzene rings is 2. The van der Waals surface area contributed by atoms with Crippen molar-refractivity contribution in [3.8, 4) is 11.1 Å². The van der Waals surface area contributed by atoms with Crippen LogP contribution in [0.15, 0.2) is 54.6 Å². The molecule has 1 saturated carbocycles. The maximum absolute atomic E-state index is 11.9. The Balaban J connectivity index is 0.000000361. The molecule has 1 aliphatic carbocycles. The molecule has 2 aromatic carbocycles. The van der Waals surface area contributed by atoms with Gasteiger partial charge in [0, 0.05) is 11.5 Å². The Bertz CT molecular complexity index is 609. The lowest BCUT2D eigenvalue weighted by Crippen LogP contribution is -2.00. The molecule has 1 fully saturated rings. The number of Topliss-reactive ketones (excluding diaryl/α,β-unsaturated/α-hetero) is 1. The molecule has 0 unspecified atom stereocenters. The summed E-state index contributed by atoms with van der Waals surface area (Å²) in [4.78, 5) is 20.4. The van der Waals surface area contributed by atoms with E-state index in [2.05, 4.69) is 12.1 Å². The summed E-state index contributed by atoms with van der Waals surface area (Å²) < 4.78 is 0. The standard InChI is InChI=1S/C16H14O.CH2O3/c17-16(15-10-11-15)14-8-6-13(7-9-14)12-4-2-1-3-5-12;2-1(3)4/h1-9,15H,10-11H2;(H2,2,3,4). The van der Waals surface area contributed by atoms with Crippen LogP contribution in [0.3, 0.4) is 0 Å². The van der Waals surface area contributed by atoms with E-state index in [4.69, 9.17) is 15.0 Å². The lowest BCUT2D eigenvalue weighted by Gasteiger charge is -2.03. The van der Waals surface area contributed by atoms with E-state index in [1.54, 1.807) is 0 Å². The summed E-state index contributed by atoms with van der Waals surface area (Å²) in [5.74, 6) is 0.613. The second-order valence-electron chi connectivity index (χ2n) is 4.86. The first-order chi connectivity index (χ1) is 10.1. The lowest BCUT2D eigenvalue weighted by molar-refractivity contribution is 0.0967. The number of carboxylic acid groups (broad SMARTS) is 2. The number of hydrogen-bond donors (Lipinski definition) is 2. The minimum Gasteiger partial charge on any atom is -0.450 e. The van der Waals surface area contributed by atoms with Gasteiger partial charge in [0.15, 0.2) is 5.78 Å². The van der Waals surface area contributed by atoms with E-state index in [-0.39, 0.29) is 0 Å². The molecule has 0 heterocycles. The van der Waals surface area contributed by atoms with Crippen LogP contribution >= 0.6 is 0 Å². The van der Waals surface area contributed by atoms with Gasteiger partial charge in [-0.3, -0.25) is 4.79 Å². The molecule has 0 aromatic heterocycles. The molecule has 3 rings (SSSR count). The van der Waals surface area contributed by atoms with Crippen LogP contribution in [0.2, 0.25) is 0 Å². The molecule has 2 aromatic rings. The summed E-state index contributed by atoms with van der Waals surface area (Å²) >= 11 is 0. The van der Waals surface area contributed by atoms with Gasteiger partial charge >= 0.3 is 6.16 Å². The number of rotatable bonds is 3. The molecular weight excluding hydrogens is 268 g/mol. The normalized spacial score (nSPS) is 13.0. The monoisotopic (exact) mass is 284 g/mol. The van der Waals surface area contributed by atoms with Crippen LogP contribution in [-0.4, -0.2) is 22.2 Å². The Kier molecular flexibility index (Phi) is 4.72. The second kappa shape index (κ2) is 6.70. The minimum absolute atomic E-state index is 0.303. The molecule has 4 nitrogen and oxygen atoms in total. The van der Waals surface area contributed by atoms with Crippen molar-refractivity contribution in [3.05, 3.63) is 60.2 Å². The van der Waals surface area contributed by atoms with Crippen LogP contribution in [0.5, 0.6) is 0 Å². The molecule has 0 atom stereocenters.